The normalized spacial score (nSPS) is 16.2. The molecule has 1 aromatic rings. The highest BCUT2D eigenvalue weighted by molar-refractivity contribution is 6.33. The van der Waals surface area contributed by atoms with E-state index in [-0.39, 0.29) is 24.4 Å². The van der Waals surface area contributed by atoms with Crippen LogP contribution in [0.4, 0.5) is 5.69 Å². The number of benzene rings is 1. The molecule has 1 heterocycles. The van der Waals surface area contributed by atoms with Crippen molar-refractivity contribution in [2.75, 3.05) is 44.2 Å². The second-order valence-corrected chi connectivity index (χ2v) is 6.73. The second kappa shape index (κ2) is 11.6. The molecule has 0 saturated carbocycles. The lowest BCUT2D eigenvalue weighted by Crippen LogP contribution is -2.47. The van der Waals surface area contributed by atoms with Crippen molar-refractivity contribution in [3.63, 3.8) is 0 Å². The number of carbonyl (C=O) groups is 1. The van der Waals surface area contributed by atoms with Gasteiger partial charge in [0.25, 0.3) is 0 Å². The third kappa shape index (κ3) is 7.02. The van der Waals surface area contributed by atoms with Gasteiger partial charge in [0.15, 0.2) is 0 Å². The van der Waals surface area contributed by atoms with Crippen LogP contribution < -0.4 is 16.0 Å². The fourth-order valence-electron chi connectivity index (χ4n) is 3.01. The first-order valence-electron chi connectivity index (χ1n) is 8.87. The first-order valence-corrected chi connectivity index (χ1v) is 9.24. The van der Waals surface area contributed by atoms with Crippen molar-refractivity contribution in [3.8, 4) is 0 Å². The molecule has 2 rings (SSSR count). The fraction of sp³-hybridized carbons (Fsp3) is 0.611. The Morgan fingerprint density at radius 2 is 1.96 bits per heavy atom. The molecule has 1 aliphatic rings. The van der Waals surface area contributed by atoms with E-state index in [0.717, 1.165) is 62.7 Å². The Bertz CT molecular complexity index is 522. The van der Waals surface area contributed by atoms with Gasteiger partial charge in [-0.05, 0) is 31.5 Å². The van der Waals surface area contributed by atoms with Gasteiger partial charge >= 0.3 is 0 Å². The maximum absolute atomic E-state index is 11.7. The van der Waals surface area contributed by atoms with E-state index >= 15 is 0 Å². The molecule has 0 aliphatic carbocycles. The van der Waals surface area contributed by atoms with E-state index in [2.05, 4.69) is 21.2 Å². The summed E-state index contributed by atoms with van der Waals surface area (Å²) in [7, 11) is 0. The van der Waals surface area contributed by atoms with E-state index in [1.54, 1.807) is 0 Å². The maximum atomic E-state index is 11.7. The molecule has 5 nitrogen and oxygen atoms in total. The van der Waals surface area contributed by atoms with Gasteiger partial charge in [-0.2, -0.15) is 0 Å². The average Bonchev–Trinajstić information content (AvgIpc) is 2.60. The Morgan fingerprint density at radius 3 is 2.60 bits per heavy atom. The molecule has 1 atom stereocenters. The molecular formula is C18H30Cl2N4O. The lowest BCUT2D eigenvalue weighted by atomic mass is 10.1. The molecule has 1 unspecified atom stereocenters. The first kappa shape index (κ1) is 22.0. The smallest absolute Gasteiger partial charge is 0.236 e. The summed E-state index contributed by atoms with van der Waals surface area (Å²) in [5, 5.41) is 3.75. The van der Waals surface area contributed by atoms with Crippen molar-refractivity contribution in [1.82, 2.24) is 10.2 Å². The van der Waals surface area contributed by atoms with E-state index in [1.807, 2.05) is 25.1 Å². The van der Waals surface area contributed by atoms with Gasteiger partial charge in [0.2, 0.25) is 5.91 Å². The summed E-state index contributed by atoms with van der Waals surface area (Å²) in [6.45, 7) is 7.74. The van der Waals surface area contributed by atoms with Gasteiger partial charge in [-0.3, -0.25) is 9.69 Å². The number of anilines is 1. The summed E-state index contributed by atoms with van der Waals surface area (Å²) < 4.78 is 0. The molecule has 1 aliphatic heterocycles. The van der Waals surface area contributed by atoms with Crippen LogP contribution in [-0.4, -0.2) is 56.1 Å². The highest BCUT2D eigenvalue weighted by atomic mass is 35.5. The van der Waals surface area contributed by atoms with Gasteiger partial charge in [0.05, 0.1) is 16.8 Å². The van der Waals surface area contributed by atoms with Crippen LogP contribution in [-0.2, 0) is 4.79 Å². The highest BCUT2D eigenvalue weighted by Gasteiger charge is 2.18. The van der Waals surface area contributed by atoms with E-state index in [4.69, 9.17) is 17.3 Å². The standard InChI is InChI=1S/C18H29ClN4O.ClH/c1-2-6-16(20)18(24)21-9-5-10-22-11-13-23(14-12-22)17-8-4-3-7-15(17)19;/h3-4,7-8,16H,2,5-6,9-14,20H2,1H3,(H,21,24);1H. The quantitative estimate of drug-likeness (QED) is 0.671. The average molecular weight is 389 g/mol. The number of hydrogen-bond donors (Lipinski definition) is 2. The zero-order valence-corrected chi connectivity index (χ0v) is 16.5. The first-order chi connectivity index (χ1) is 11.6. The molecule has 25 heavy (non-hydrogen) atoms. The number of nitrogens with two attached hydrogens (primary N) is 1. The molecule has 1 saturated heterocycles. The van der Waals surface area contributed by atoms with Gasteiger partial charge in [-0.15, -0.1) is 12.4 Å². The molecule has 142 valence electrons. The monoisotopic (exact) mass is 388 g/mol. The maximum Gasteiger partial charge on any atom is 0.236 e. The van der Waals surface area contributed by atoms with Crippen LogP contribution in [0.5, 0.6) is 0 Å². The molecule has 1 fully saturated rings. The van der Waals surface area contributed by atoms with Gasteiger partial charge in [0.1, 0.15) is 0 Å². The van der Waals surface area contributed by atoms with Crippen molar-refractivity contribution < 1.29 is 4.79 Å². The number of rotatable bonds is 8. The fourth-order valence-corrected chi connectivity index (χ4v) is 3.26. The molecule has 0 bridgehead atoms. The van der Waals surface area contributed by atoms with E-state index in [9.17, 15) is 4.79 Å². The molecule has 3 N–H and O–H groups in total. The predicted molar refractivity (Wildman–Crippen MR) is 108 cm³/mol. The summed E-state index contributed by atoms with van der Waals surface area (Å²) in [5.41, 5.74) is 6.92. The van der Waals surface area contributed by atoms with Gasteiger partial charge in [-0.25, -0.2) is 0 Å². The second-order valence-electron chi connectivity index (χ2n) is 6.32. The largest absolute Gasteiger partial charge is 0.368 e. The minimum absolute atomic E-state index is 0. The molecule has 0 radical (unpaired) electrons. The zero-order valence-electron chi connectivity index (χ0n) is 14.9. The van der Waals surface area contributed by atoms with Crippen LogP contribution in [0, 0.1) is 0 Å². The summed E-state index contributed by atoms with van der Waals surface area (Å²) in [6.07, 6.45) is 2.64. The number of nitrogens with one attached hydrogen (secondary N) is 1. The van der Waals surface area contributed by atoms with Gasteiger partial charge in [-0.1, -0.05) is 37.1 Å². The van der Waals surface area contributed by atoms with Crippen LogP contribution in [0.15, 0.2) is 24.3 Å². The minimum atomic E-state index is -0.367. The SMILES string of the molecule is CCCC(N)C(=O)NCCCN1CCN(c2ccccc2Cl)CC1.Cl. The highest BCUT2D eigenvalue weighted by Crippen LogP contribution is 2.25. The Balaban J connectivity index is 0.00000312. The molecule has 0 aromatic heterocycles. The van der Waals surface area contributed by atoms with Crippen LogP contribution in [0.3, 0.4) is 0 Å². The lowest BCUT2D eigenvalue weighted by Gasteiger charge is -2.36. The molecule has 1 aromatic carbocycles. The Kier molecular flexibility index (Phi) is 10.2. The van der Waals surface area contributed by atoms with Crippen LogP contribution in [0.25, 0.3) is 0 Å². The Morgan fingerprint density at radius 1 is 1.28 bits per heavy atom. The number of piperazine rings is 1. The summed E-state index contributed by atoms with van der Waals surface area (Å²) in [5.74, 6) is -0.0274. The summed E-state index contributed by atoms with van der Waals surface area (Å²) >= 11 is 6.27. The summed E-state index contributed by atoms with van der Waals surface area (Å²) in [6, 6.07) is 7.64. The van der Waals surface area contributed by atoms with Crippen molar-refractivity contribution in [2.45, 2.75) is 32.2 Å². The van der Waals surface area contributed by atoms with Crippen molar-refractivity contribution in [1.29, 1.82) is 0 Å². The lowest BCUT2D eigenvalue weighted by molar-refractivity contribution is -0.122. The van der Waals surface area contributed by atoms with Gasteiger partial charge < -0.3 is 16.0 Å². The molecule has 0 spiro atoms. The Hall–Kier alpha value is -1.01. The van der Waals surface area contributed by atoms with Crippen LogP contribution in [0.2, 0.25) is 5.02 Å². The number of carbonyl (C=O) groups excluding carboxylic acids is 1. The van der Waals surface area contributed by atoms with Crippen LogP contribution in [0.1, 0.15) is 26.2 Å². The zero-order chi connectivity index (χ0) is 17.4. The topological polar surface area (TPSA) is 61.6 Å². The number of halogens is 2. The third-order valence-corrected chi connectivity index (χ3v) is 4.77. The van der Waals surface area contributed by atoms with E-state index in [0.29, 0.717) is 6.54 Å². The molecular weight excluding hydrogens is 359 g/mol. The van der Waals surface area contributed by atoms with Crippen molar-refractivity contribution >= 4 is 35.6 Å². The summed E-state index contributed by atoms with van der Waals surface area (Å²) in [4.78, 5) is 16.5. The third-order valence-electron chi connectivity index (χ3n) is 4.45. The van der Waals surface area contributed by atoms with Crippen LogP contribution >= 0.6 is 24.0 Å². The minimum Gasteiger partial charge on any atom is -0.368 e. The van der Waals surface area contributed by atoms with Gasteiger partial charge in [0, 0.05) is 32.7 Å². The van der Waals surface area contributed by atoms with E-state index in [1.165, 1.54) is 0 Å². The number of hydrogen-bond acceptors (Lipinski definition) is 4. The number of amides is 1. The molecule has 1 amide bonds. The Labute approximate surface area is 162 Å². The van der Waals surface area contributed by atoms with E-state index < -0.39 is 0 Å². The number of nitrogens with zero attached hydrogens (tertiary/aromatic N) is 2. The molecule has 7 heteroatoms. The predicted octanol–water partition coefficient (Wildman–Crippen LogP) is 2.52. The van der Waals surface area contributed by atoms with Crippen molar-refractivity contribution in [3.05, 3.63) is 29.3 Å². The number of para-hydroxylation sites is 1. The van der Waals surface area contributed by atoms with Crippen molar-refractivity contribution in [2.24, 2.45) is 5.73 Å².